The van der Waals surface area contributed by atoms with E-state index in [-0.39, 0.29) is 21.6 Å². The first-order valence-electron chi connectivity index (χ1n) is 6.51. The van der Waals surface area contributed by atoms with Crippen LogP contribution in [0.15, 0.2) is 47.6 Å². The number of nitrogens with zero attached hydrogens (tertiary/aromatic N) is 1. The van der Waals surface area contributed by atoms with Crippen molar-refractivity contribution in [3.63, 3.8) is 0 Å². The van der Waals surface area contributed by atoms with Crippen LogP contribution in [0.5, 0.6) is 5.75 Å². The second-order valence-electron chi connectivity index (χ2n) is 4.61. The largest absolute Gasteiger partial charge is 0.508 e. The van der Waals surface area contributed by atoms with Crippen molar-refractivity contribution >= 4 is 40.8 Å². The zero-order chi connectivity index (χ0) is 17.7. The summed E-state index contributed by atoms with van der Waals surface area (Å²) in [6.07, 6.45) is -3.05. The standard InChI is InChI=1S/C15H11ClF3N3OS/c16-12-6-3-10(15(17,18)19)7-13(12)21-14(24)22-20-8-9-1-4-11(23)5-2-9/h1-8,23H,(H2,21,22,24)/b20-8+. The summed E-state index contributed by atoms with van der Waals surface area (Å²) in [6, 6.07) is 9.10. The van der Waals surface area contributed by atoms with Crippen molar-refractivity contribution in [3.05, 3.63) is 58.6 Å². The van der Waals surface area contributed by atoms with E-state index >= 15 is 0 Å². The van der Waals surface area contributed by atoms with Crippen LogP contribution in [0.3, 0.4) is 0 Å². The fourth-order valence-corrected chi connectivity index (χ4v) is 2.00. The Balaban J connectivity index is 2.00. The Morgan fingerprint density at radius 2 is 1.83 bits per heavy atom. The van der Waals surface area contributed by atoms with E-state index in [1.807, 2.05) is 0 Å². The topological polar surface area (TPSA) is 56.7 Å². The number of aromatic hydroxyl groups is 1. The van der Waals surface area contributed by atoms with Crippen molar-refractivity contribution in [1.82, 2.24) is 5.43 Å². The maximum atomic E-state index is 12.7. The molecule has 2 aromatic carbocycles. The average molecular weight is 374 g/mol. The first kappa shape index (κ1) is 18.0. The smallest absolute Gasteiger partial charge is 0.416 e. The van der Waals surface area contributed by atoms with E-state index in [0.717, 1.165) is 18.2 Å². The first-order chi connectivity index (χ1) is 11.3. The van der Waals surface area contributed by atoms with Gasteiger partial charge in [-0.3, -0.25) is 5.43 Å². The molecule has 0 unspecified atom stereocenters. The van der Waals surface area contributed by atoms with Gasteiger partial charge in [0.2, 0.25) is 0 Å². The third kappa shape index (κ3) is 5.10. The highest BCUT2D eigenvalue weighted by atomic mass is 35.5. The molecule has 0 aromatic heterocycles. The van der Waals surface area contributed by atoms with Gasteiger partial charge >= 0.3 is 6.18 Å². The zero-order valence-electron chi connectivity index (χ0n) is 11.9. The number of halogens is 4. The van der Waals surface area contributed by atoms with Crippen molar-refractivity contribution < 1.29 is 18.3 Å². The molecule has 2 aromatic rings. The molecule has 9 heteroatoms. The van der Waals surface area contributed by atoms with Gasteiger partial charge in [0.05, 0.1) is 22.5 Å². The lowest BCUT2D eigenvalue weighted by molar-refractivity contribution is -0.137. The summed E-state index contributed by atoms with van der Waals surface area (Å²) >= 11 is 10.8. The minimum Gasteiger partial charge on any atom is -0.508 e. The Bertz CT molecular complexity index is 764. The van der Waals surface area contributed by atoms with E-state index in [4.69, 9.17) is 28.9 Å². The summed E-state index contributed by atoms with van der Waals surface area (Å²) in [5, 5.41) is 15.6. The number of nitrogens with one attached hydrogen (secondary N) is 2. The van der Waals surface area contributed by atoms with Crippen molar-refractivity contribution in [1.29, 1.82) is 0 Å². The molecule has 0 atom stereocenters. The van der Waals surface area contributed by atoms with Gasteiger partial charge in [0, 0.05) is 0 Å². The van der Waals surface area contributed by atoms with Crippen molar-refractivity contribution in [2.45, 2.75) is 6.18 Å². The first-order valence-corrected chi connectivity index (χ1v) is 7.30. The number of hydrazone groups is 1. The molecule has 0 saturated carbocycles. The molecule has 0 heterocycles. The number of hydrogen-bond donors (Lipinski definition) is 3. The molecule has 126 valence electrons. The average Bonchev–Trinajstić information content (AvgIpc) is 2.50. The highest BCUT2D eigenvalue weighted by molar-refractivity contribution is 7.80. The number of phenolic OH excluding ortho intramolecular Hbond substituents is 1. The number of anilines is 1. The van der Waals surface area contributed by atoms with Gasteiger partial charge in [-0.25, -0.2) is 0 Å². The Labute approximate surface area is 146 Å². The molecule has 24 heavy (non-hydrogen) atoms. The minimum atomic E-state index is -4.48. The van der Waals surface area contributed by atoms with E-state index in [9.17, 15) is 13.2 Å². The summed E-state index contributed by atoms with van der Waals surface area (Å²) in [5.41, 5.74) is 2.34. The van der Waals surface area contributed by atoms with Gasteiger partial charge in [-0.2, -0.15) is 18.3 Å². The van der Waals surface area contributed by atoms with Crippen LogP contribution >= 0.6 is 23.8 Å². The minimum absolute atomic E-state index is 0.0174. The number of phenols is 1. The lowest BCUT2D eigenvalue weighted by atomic mass is 10.2. The molecule has 0 spiro atoms. The molecule has 4 nitrogen and oxygen atoms in total. The molecule has 0 fully saturated rings. The van der Waals surface area contributed by atoms with Crippen LogP contribution in [0.2, 0.25) is 5.02 Å². The Morgan fingerprint density at radius 3 is 2.46 bits per heavy atom. The second kappa shape index (κ2) is 7.50. The molecular weight excluding hydrogens is 363 g/mol. The number of benzene rings is 2. The van der Waals surface area contributed by atoms with Crippen LogP contribution in [0.25, 0.3) is 0 Å². The third-order valence-electron chi connectivity index (χ3n) is 2.81. The summed E-state index contributed by atoms with van der Waals surface area (Å²) in [6.45, 7) is 0. The molecule has 0 saturated heterocycles. The zero-order valence-corrected chi connectivity index (χ0v) is 13.5. The molecule has 0 radical (unpaired) electrons. The second-order valence-corrected chi connectivity index (χ2v) is 5.42. The van der Waals surface area contributed by atoms with Crippen LogP contribution in [0.1, 0.15) is 11.1 Å². The van der Waals surface area contributed by atoms with Crippen LogP contribution < -0.4 is 10.7 Å². The Morgan fingerprint density at radius 1 is 1.17 bits per heavy atom. The van der Waals surface area contributed by atoms with E-state index < -0.39 is 11.7 Å². The summed E-state index contributed by atoms with van der Waals surface area (Å²) < 4.78 is 38.1. The van der Waals surface area contributed by atoms with Crippen LogP contribution in [0, 0.1) is 0 Å². The highest BCUT2D eigenvalue weighted by Crippen LogP contribution is 2.33. The number of alkyl halides is 3. The number of thiocarbonyl (C=S) groups is 1. The van der Waals surface area contributed by atoms with Crippen LogP contribution in [0.4, 0.5) is 18.9 Å². The molecule has 0 aliphatic carbocycles. The lowest BCUT2D eigenvalue weighted by Crippen LogP contribution is -2.24. The van der Waals surface area contributed by atoms with Gasteiger partial charge in [-0.15, -0.1) is 0 Å². The quantitative estimate of drug-likeness (QED) is 0.424. The van der Waals surface area contributed by atoms with E-state index in [1.54, 1.807) is 12.1 Å². The number of hydrogen-bond acceptors (Lipinski definition) is 3. The third-order valence-corrected chi connectivity index (χ3v) is 3.34. The predicted octanol–water partition coefficient (Wildman–Crippen LogP) is 4.38. The Hall–Kier alpha value is -2.32. The molecule has 0 aliphatic heterocycles. The molecule has 0 bridgehead atoms. The maximum Gasteiger partial charge on any atom is 0.416 e. The van der Waals surface area contributed by atoms with Crippen LogP contribution in [-0.2, 0) is 6.18 Å². The van der Waals surface area contributed by atoms with Gasteiger partial charge in [-0.05, 0) is 60.2 Å². The molecule has 2 rings (SSSR count). The molecule has 3 N–H and O–H groups in total. The van der Waals surface area contributed by atoms with Gasteiger partial charge < -0.3 is 10.4 Å². The molecule has 0 aliphatic rings. The lowest BCUT2D eigenvalue weighted by Gasteiger charge is -2.12. The van der Waals surface area contributed by atoms with Crippen molar-refractivity contribution in [2.24, 2.45) is 5.10 Å². The highest BCUT2D eigenvalue weighted by Gasteiger charge is 2.31. The molecular formula is C15H11ClF3N3OS. The summed E-state index contributed by atoms with van der Waals surface area (Å²) in [4.78, 5) is 0. The van der Waals surface area contributed by atoms with E-state index in [0.29, 0.717) is 5.56 Å². The van der Waals surface area contributed by atoms with Gasteiger partial charge in [-0.1, -0.05) is 11.6 Å². The monoisotopic (exact) mass is 373 g/mol. The van der Waals surface area contributed by atoms with Gasteiger partial charge in [0.25, 0.3) is 0 Å². The summed E-state index contributed by atoms with van der Waals surface area (Å²) in [5.74, 6) is 0.122. The maximum absolute atomic E-state index is 12.7. The van der Waals surface area contributed by atoms with Crippen molar-refractivity contribution in [2.75, 3.05) is 5.32 Å². The van der Waals surface area contributed by atoms with E-state index in [2.05, 4.69) is 15.8 Å². The Kier molecular flexibility index (Phi) is 5.63. The fourth-order valence-electron chi connectivity index (χ4n) is 1.67. The summed E-state index contributed by atoms with van der Waals surface area (Å²) in [7, 11) is 0. The SMILES string of the molecule is Oc1ccc(/C=N/NC(=S)Nc2cc(C(F)(F)F)ccc2Cl)cc1. The molecule has 0 amide bonds. The van der Waals surface area contributed by atoms with Crippen molar-refractivity contribution in [3.8, 4) is 5.75 Å². The number of rotatable bonds is 3. The van der Waals surface area contributed by atoms with Crippen LogP contribution in [-0.4, -0.2) is 16.4 Å². The normalized spacial score (nSPS) is 11.5. The van der Waals surface area contributed by atoms with Gasteiger partial charge in [0.1, 0.15) is 5.75 Å². The predicted molar refractivity (Wildman–Crippen MR) is 91.5 cm³/mol. The van der Waals surface area contributed by atoms with E-state index in [1.165, 1.54) is 18.3 Å². The van der Waals surface area contributed by atoms with Gasteiger partial charge in [0.15, 0.2) is 5.11 Å². The fraction of sp³-hybridized carbons (Fsp3) is 0.0667.